The summed E-state index contributed by atoms with van der Waals surface area (Å²) in [5.41, 5.74) is 13.6. The molecule has 2 aliphatic heterocycles. The van der Waals surface area contributed by atoms with Gasteiger partial charge in [0.15, 0.2) is 0 Å². The van der Waals surface area contributed by atoms with Crippen molar-refractivity contribution in [1.29, 1.82) is 0 Å². The average molecular weight is 1070 g/mol. The van der Waals surface area contributed by atoms with Crippen LogP contribution in [-0.4, -0.2) is 73.5 Å². The Balaban J connectivity index is 0.000000192. The van der Waals surface area contributed by atoms with Gasteiger partial charge in [-0.05, 0) is 158 Å². The predicted octanol–water partition coefficient (Wildman–Crippen LogP) is 11.1. The maximum atomic E-state index is 13.1. The molecule has 0 radical (unpaired) electrons. The van der Waals surface area contributed by atoms with Gasteiger partial charge >= 0.3 is 12.1 Å². The zero-order chi connectivity index (χ0) is 56.2. The Morgan fingerprint density at radius 2 is 1.08 bits per heavy atom. The first kappa shape index (κ1) is 56.0. The van der Waals surface area contributed by atoms with Crippen LogP contribution >= 0.6 is 0 Å². The summed E-state index contributed by atoms with van der Waals surface area (Å²) in [4.78, 5) is 67.6. The molecule has 6 aromatic rings. The summed E-state index contributed by atoms with van der Waals surface area (Å²) in [6.45, 7) is 21.8. The summed E-state index contributed by atoms with van der Waals surface area (Å²) >= 11 is 0. The van der Waals surface area contributed by atoms with E-state index in [0.717, 1.165) is 76.0 Å². The number of nitrogens with zero attached hydrogens (tertiary/aromatic N) is 4. The molecule has 414 valence electrons. The lowest BCUT2D eigenvalue weighted by atomic mass is 9.87. The second-order valence-electron chi connectivity index (χ2n) is 24.4. The van der Waals surface area contributed by atoms with Gasteiger partial charge in [-0.15, -0.1) is 0 Å². The molecule has 3 heterocycles. The molecule has 79 heavy (non-hydrogen) atoms. The smallest absolute Gasteiger partial charge is 0.318 e. The predicted molar refractivity (Wildman–Crippen MR) is 312 cm³/mol. The van der Waals surface area contributed by atoms with Gasteiger partial charge in [0.1, 0.15) is 0 Å². The van der Waals surface area contributed by atoms with Crippen LogP contribution in [0.25, 0.3) is 22.3 Å². The molecule has 0 spiro atoms. The molecule has 2 fully saturated rings. The van der Waals surface area contributed by atoms with Crippen molar-refractivity contribution < 1.29 is 24.0 Å². The van der Waals surface area contributed by atoms with Crippen LogP contribution in [0.4, 0.5) is 15.3 Å². The normalized spacial score (nSPS) is 18.3. The van der Waals surface area contributed by atoms with Crippen LogP contribution in [0.1, 0.15) is 131 Å². The molecule has 5 aromatic carbocycles. The first-order valence-corrected chi connectivity index (χ1v) is 28.2. The van der Waals surface area contributed by atoms with Crippen LogP contribution in [0.15, 0.2) is 122 Å². The van der Waals surface area contributed by atoms with Crippen LogP contribution < -0.4 is 26.6 Å². The Kier molecular flexibility index (Phi) is 16.8. The Morgan fingerprint density at radius 1 is 0.595 bits per heavy atom. The molecular weight excluding hydrogens is 987 g/mol. The van der Waals surface area contributed by atoms with Gasteiger partial charge in [-0.2, -0.15) is 5.10 Å². The summed E-state index contributed by atoms with van der Waals surface area (Å²) in [6.07, 6.45) is 7.29. The second kappa shape index (κ2) is 23.7. The maximum Gasteiger partial charge on any atom is 0.318 e. The van der Waals surface area contributed by atoms with Gasteiger partial charge in [-0.3, -0.25) is 19.1 Å². The number of hydrogen-bond donors (Lipinski definition) is 5. The number of aromatic nitrogens is 2. The number of carbonyl (C=O) groups excluding carboxylic acids is 5. The lowest BCUT2D eigenvalue weighted by molar-refractivity contribution is -0.123. The molecular formula is C65H79N9O5. The molecule has 7 amide bonds. The zero-order valence-electron chi connectivity index (χ0n) is 47.5. The number of nitrogens with one attached hydrogen (secondary N) is 5. The van der Waals surface area contributed by atoms with Crippen molar-refractivity contribution in [3.8, 4) is 22.3 Å². The van der Waals surface area contributed by atoms with Crippen LogP contribution in [0, 0.1) is 17.8 Å². The summed E-state index contributed by atoms with van der Waals surface area (Å²) in [5.74, 6) is 1.21. The number of rotatable bonds is 13. The second-order valence-corrected chi connectivity index (χ2v) is 24.4. The van der Waals surface area contributed by atoms with Gasteiger partial charge in [0.25, 0.3) is 0 Å². The summed E-state index contributed by atoms with van der Waals surface area (Å²) in [6, 6.07) is 36.6. The molecule has 4 atom stereocenters. The fourth-order valence-corrected chi connectivity index (χ4v) is 11.2. The first-order valence-electron chi connectivity index (χ1n) is 28.2. The summed E-state index contributed by atoms with van der Waals surface area (Å²) in [7, 11) is 0. The Labute approximate surface area is 466 Å². The minimum Gasteiger partial charge on any atom is -0.352 e. The number of amides is 7. The molecule has 14 nitrogen and oxygen atoms in total. The third kappa shape index (κ3) is 14.3. The Morgan fingerprint density at radius 3 is 1.53 bits per heavy atom. The molecule has 0 bridgehead atoms. The number of anilines is 1. The Hall–Kier alpha value is -7.74. The number of fused-ring (bicyclic) bond motifs is 2. The van der Waals surface area contributed by atoms with Crippen LogP contribution in [0.3, 0.4) is 0 Å². The van der Waals surface area contributed by atoms with E-state index in [2.05, 4.69) is 100 Å². The average Bonchev–Trinajstić information content (AvgIpc) is 4.50. The topological polar surface area (TPSA) is 170 Å². The molecule has 0 saturated heterocycles. The van der Waals surface area contributed by atoms with Gasteiger partial charge < -0.3 is 36.4 Å². The first-order chi connectivity index (χ1) is 37.7. The van der Waals surface area contributed by atoms with E-state index in [-0.39, 0.29) is 58.6 Å². The third-order valence-corrected chi connectivity index (χ3v) is 15.2. The number of hydrogen-bond acceptors (Lipinski definition) is 6. The monoisotopic (exact) mass is 1070 g/mol. The van der Waals surface area contributed by atoms with E-state index in [1.165, 1.54) is 29.2 Å². The number of benzene rings is 5. The fraction of sp³-hybridized carbons (Fsp3) is 0.415. The number of carbonyl (C=O) groups is 5. The highest BCUT2D eigenvalue weighted by atomic mass is 16.2. The molecule has 1 aromatic heterocycles. The maximum absolute atomic E-state index is 13.1. The van der Waals surface area contributed by atoms with Gasteiger partial charge in [-0.25, -0.2) is 9.59 Å². The molecule has 14 heteroatoms. The van der Waals surface area contributed by atoms with Crippen molar-refractivity contribution in [2.24, 2.45) is 17.8 Å². The molecule has 4 aliphatic rings. The minimum absolute atomic E-state index is 0.00285. The standard InChI is InChI=1S/C33H38N4O3.C32H41N5O2/c1-21(38)35-25-12-8-11-23(17-25)26-14-13-24(19-34-31(39)29-18-28(29)22-9-6-5-7-10-22)30-20-37(16-15-27(26)30)32(40)36-33(2,3)4;1-21(2)18-37-19-24(17-34-37)25-12-11-23(16-33-30(38)28-15-27(28)22-9-7-6-8-10-22)29-20-36(14-13-26(25)29)31(39)35-32(3,4)5/h5-14,17,28-29H,15-16,18-20H2,1-4H3,(H,34,39)(H,35,38)(H,36,40);6-12,17,19,21,27-28H,13-16,18,20H2,1-5H3,(H,33,38)(H,35,39). The molecule has 4 unspecified atom stereocenters. The summed E-state index contributed by atoms with van der Waals surface area (Å²) < 4.78 is 2.01. The highest BCUT2D eigenvalue weighted by Crippen LogP contribution is 2.48. The van der Waals surface area contributed by atoms with Gasteiger partial charge in [0, 0.05) is 93.1 Å². The van der Waals surface area contributed by atoms with E-state index in [1.54, 1.807) is 0 Å². The largest absolute Gasteiger partial charge is 0.352 e. The molecule has 2 aliphatic carbocycles. The van der Waals surface area contributed by atoms with Gasteiger partial charge in [-0.1, -0.05) is 111 Å². The molecule has 2 saturated carbocycles. The van der Waals surface area contributed by atoms with E-state index >= 15 is 0 Å². The van der Waals surface area contributed by atoms with Crippen LogP contribution in [0.2, 0.25) is 0 Å². The SMILES string of the molecule is CC(=O)Nc1cccc(-c2ccc(CNC(=O)C3CC3c3ccccc3)c3c2CCN(C(=O)NC(C)(C)C)C3)c1.CC(C)Cn1cc(-c2ccc(CNC(=O)C3CC3c3ccccc3)c3c2CCN(C(=O)NC(C)(C)C)C3)cn1. The van der Waals surface area contributed by atoms with Gasteiger partial charge in [0.05, 0.1) is 6.20 Å². The van der Waals surface area contributed by atoms with Crippen molar-refractivity contribution >= 4 is 35.5 Å². The lowest BCUT2D eigenvalue weighted by Gasteiger charge is -2.34. The van der Waals surface area contributed by atoms with E-state index in [4.69, 9.17) is 0 Å². The van der Waals surface area contributed by atoms with Crippen molar-refractivity contribution in [3.63, 3.8) is 0 Å². The van der Waals surface area contributed by atoms with Crippen LogP contribution in [-0.2, 0) is 59.9 Å². The third-order valence-electron chi connectivity index (χ3n) is 15.2. The minimum atomic E-state index is -0.334. The van der Waals surface area contributed by atoms with Crippen molar-refractivity contribution in [3.05, 3.63) is 166 Å². The number of urea groups is 2. The Bertz CT molecular complexity index is 3190. The quantitative estimate of drug-likeness (QED) is 0.0771. The van der Waals surface area contributed by atoms with Crippen molar-refractivity contribution in [1.82, 2.24) is 40.8 Å². The van der Waals surface area contributed by atoms with E-state index in [1.807, 2.05) is 123 Å². The zero-order valence-corrected chi connectivity index (χ0v) is 47.5. The van der Waals surface area contributed by atoms with Crippen LogP contribution in [0.5, 0.6) is 0 Å². The van der Waals surface area contributed by atoms with E-state index in [9.17, 15) is 24.0 Å². The van der Waals surface area contributed by atoms with Gasteiger partial charge in [0.2, 0.25) is 17.7 Å². The van der Waals surface area contributed by atoms with Crippen molar-refractivity contribution in [2.45, 2.75) is 144 Å². The highest BCUT2D eigenvalue weighted by molar-refractivity contribution is 5.90. The highest BCUT2D eigenvalue weighted by Gasteiger charge is 2.45. The van der Waals surface area contributed by atoms with Crippen molar-refractivity contribution in [2.75, 3.05) is 18.4 Å². The fourth-order valence-electron chi connectivity index (χ4n) is 11.2. The molecule has 10 rings (SSSR count). The van der Waals surface area contributed by atoms with E-state index in [0.29, 0.717) is 57.5 Å². The summed E-state index contributed by atoms with van der Waals surface area (Å²) in [5, 5.41) is 20.0. The lowest BCUT2D eigenvalue weighted by Crippen LogP contribution is -2.50. The van der Waals surface area contributed by atoms with E-state index < -0.39 is 0 Å². The molecule has 5 N–H and O–H groups in total.